The van der Waals surface area contributed by atoms with Gasteiger partial charge in [0, 0.05) is 27.7 Å². The van der Waals surface area contributed by atoms with Crippen molar-refractivity contribution in [2.75, 3.05) is 4.90 Å². The smallest absolute Gasteiger partial charge is 0.269 e. The molecule has 2 amide bonds. The summed E-state index contributed by atoms with van der Waals surface area (Å²) in [7, 11) is 0. The first-order valence-corrected chi connectivity index (χ1v) is 11.8. The molecular weight excluding hydrogens is 532 g/mol. The van der Waals surface area contributed by atoms with Crippen molar-refractivity contribution in [3.8, 4) is 0 Å². The number of rotatable bonds is 3. The average molecular weight is 547 g/mol. The fraction of sp³-hybridized carbons (Fsp3) is 0.154. The van der Waals surface area contributed by atoms with E-state index in [4.69, 9.17) is 4.74 Å². The van der Waals surface area contributed by atoms with Crippen molar-refractivity contribution in [1.29, 1.82) is 0 Å². The highest BCUT2D eigenvalue weighted by atomic mass is 79.9. The summed E-state index contributed by atoms with van der Waals surface area (Å²) in [5, 5.41) is 11.1. The monoisotopic (exact) mass is 546 g/mol. The summed E-state index contributed by atoms with van der Waals surface area (Å²) in [6, 6.07) is 18.1. The Morgan fingerprint density at radius 1 is 0.861 bits per heavy atom. The third-order valence-corrected chi connectivity index (χ3v) is 7.51. The molecule has 178 valence electrons. The summed E-state index contributed by atoms with van der Waals surface area (Å²) >= 11 is 3.39. The highest BCUT2D eigenvalue weighted by Crippen LogP contribution is 2.57. The number of ether oxygens (including phenoxy) is 1. The first kappa shape index (κ1) is 22.4. The summed E-state index contributed by atoms with van der Waals surface area (Å²) in [6.07, 6.45) is -1.05. The van der Waals surface area contributed by atoms with Gasteiger partial charge in [-0.1, -0.05) is 52.3 Å². The molecule has 10 heteroatoms. The molecule has 3 aromatic carbocycles. The number of non-ortho nitro benzene ring substituents is 1. The van der Waals surface area contributed by atoms with Crippen LogP contribution in [0.5, 0.6) is 0 Å². The molecule has 0 unspecified atom stereocenters. The van der Waals surface area contributed by atoms with Gasteiger partial charge >= 0.3 is 0 Å². The minimum atomic E-state index is -2.18. The Bertz CT molecular complexity index is 1480. The number of Topliss-reactive ketones (excluding diaryl/α,β-unsaturated/α-hetero) is 2. The van der Waals surface area contributed by atoms with E-state index in [2.05, 4.69) is 15.9 Å². The molecule has 1 aliphatic carbocycles. The topological polar surface area (TPSA) is 124 Å². The number of benzene rings is 3. The quantitative estimate of drug-likeness (QED) is 0.210. The van der Waals surface area contributed by atoms with E-state index in [0.29, 0.717) is 10.0 Å². The van der Waals surface area contributed by atoms with Gasteiger partial charge in [0.05, 0.1) is 28.6 Å². The summed E-state index contributed by atoms with van der Waals surface area (Å²) < 4.78 is 6.92. The van der Waals surface area contributed by atoms with E-state index in [1.807, 2.05) is 0 Å². The molecule has 0 aromatic heterocycles. The maximum absolute atomic E-state index is 13.8. The van der Waals surface area contributed by atoms with E-state index in [0.717, 1.165) is 4.90 Å². The molecule has 6 rings (SSSR count). The molecule has 2 fully saturated rings. The summed E-state index contributed by atoms with van der Waals surface area (Å²) in [5.74, 6) is -5.24. The number of amides is 2. The van der Waals surface area contributed by atoms with Crippen LogP contribution < -0.4 is 4.90 Å². The molecule has 3 atom stereocenters. The Morgan fingerprint density at radius 2 is 1.50 bits per heavy atom. The molecule has 3 aliphatic rings. The standard InChI is InChI=1S/C26H15BrN2O7/c27-14-5-3-4-13(12-14)21-19-20(26(36-21)22(30)17-6-1-2-7-18(17)23(26)31)25(33)28(24(19)32)15-8-10-16(11-9-15)29(34)35/h1-12,19-21H/t19-,20-,21-/m1/s1. The molecule has 2 aliphatic heterocycles. The third-order valence-electron chi connectivity index (χ3n) is 7.01. The predicted molar refractivity (Wildman–Crippen MR) is 128 cm³/mol. The number of ketones is 2. The number of nitrogens with zero attached hydrogens (tertiary/aromatic N) is 2. The first-order valence-electron chi connectivity index (χ1n) is 11.0. The van der Waals surface area contributed by atoms with Crippen molar-refractivity contribution in [2.24, 2.45) is 11.8 Å². The second kappa shape index (κ2) is 7.74. The Morgan fingerprint density at radius 3 is 2.08 bits per heavy atom. The lowest BCUT2D eigenvalue weighted by Crippen LogP contribution is -2.51. The second-order valence-corrected chi connectivity index (χ2v) is 9.74. The molecule has 3 aromatic rings. The highest BCUT2D eigenvalue weighted by Gasteiger charge is 2.74. The predicted octanol–water partition coefficient (Wildman–Crippen LogP) is 4.05. The van der Waals surface area contributed by atoms with Crippen LogP contribution in [0.2, 0.25) is 0 Å². The van der Waals surface area contributed by atoms with Crippen LogP contribution >= 0.6 is 15.9 Å². The zero-order valence-corrected chi connectivity index (χ0v) is 19.9. The number of hydrogen-bond donors (Lipinski definition) is 0. The largest absolute Gasteiger partial charge is 0.349 e. The lowest BCUT2D eigenvalue weighted by molar-refractivity contribution is -0.384. The van der Waals surface area contributed by atoms with Crippen LogP contribution in [0.25, 0.3) is 0 Å². The minimum Gasteiger partial charge on any atom is -0.349 e. The normalized spacial score (nSPS) is 23.9. The number of halogens is 1. The van der Waals surface area contributed by atoms with Crippen LogP contribution in [0, 0.1) is 22.0 Å². The molecule has 2 saturated heterocycles. The van der Waals surface area contributed by atoms with Crippen molar-refractivity contribution in [2.45, 2.75) is 11.7 Å². The van der Waals surface area contributed by atoms with Gasteiger partial charge in [-0.05, 0) is 29.8 Å². The van der Waals surface area contributed by atoms with Gasteiger partial charge in [-0.15, -0.1) is 0 Å². The van der Waals surface area contributed by atoms with Crippen LogP contribution in [0.1, 0.15) is 32.4 Å². The maximum atomic E-state index is 13.8. The van der Waals surface area contributed by atoms with Crippen LogP contribution in [0.3, 0.4) is 0 Å². The summed E-state index contributed by atoms with van der Waals surface area (Å²) in [6.45, 7) is 0. The maximum Gasteiger partial charge on any atom is 0.269 e. The van der Waals surface area contributed by atoms with Gasteiger partial charge in [0.25, 0.3) is 5.69 Å². The molecule has 0 N–H and O–H groups in total. The van der Waals surface area contributed by atoms with Crippen molar-refractivity contribution < 1.29 is 28.8 Å². The van der Waals surface area contributed by atoms with Gasteiger partial charge in [0.1, 0.15) is 0 Å². The van der Waals surface area contributed by atoms with Gasteiger partial charge < -0.3 is 4.74 Å². The molecule has 1 spiro atoms. The fourth-order valence-corrected chi connectivity index (χ4v) is 5.90. The first-order chi connectivity index (χ1) is 17.3. The van der Waals surface area contributed by atoms with Crippen LogP contribution in [0.15, 0.2) is 77.3 Å². The lowest BCUT2D eigenvalue weighted by Gasteiger charge is -2.27. The SMILES string of the molecule is O=C1[C@H]2[C@@H](c3cccc(Br)c3)OC3(C(=O)c4ccccc4C3=O)[C@H]2C(=O)N1c1ccc([N+](=O)[O-])cc1. The van der Waals surface area contributed by atoms with E-state index < -0.39 is 51.8 Å². The molecule has 2 heterocycles. The van der Waals surface area contributed by atoms with Gasteiger partial charge in [0.15, 0.2) is 0 Å². The van der Waals surface area contributed by atoms with E-state index in [9.17, 15) is 29.3 Å². The number of nitro groups is 1. The van der Waals surface area contributed by atoms with Gasteiger partial charge in [0.2, 0.25) is 29.0 Å². The number of hydrogen-bond acceptors (Lipinski definition) is 7. The van der Waals surface area contributed by atoms with Gasteiger partial charge in [-0.25, -0.2) is 4.90 Å². The van der Waals surface area contributed by atoms with Crippen molar-refractivity contribution >= 4 is 50.7 Å². The van der Waals surface area contributed by atoms with Crippen LogP contribution in [-0.2, 0) is 14.3 Å². The number of imide groups is 1. The molecule has 9 nitrogen and oxygen atoms in total. The van der Waals surface area contributed by atoms with E-state index in [-0.39, 0.29) is 22.5 Å². The van der Waals surface area contributed by atoms with Crippen molar-refractivity contribution in [1.82, 2.24) is 0 Å². The number of carbonyl (C=O) groups is 4. The van der Waals surface area contributed by atoms with Crippen LogP contribution in [0.4, 0.5) is 11.4 Å². The Kier molecular flexibility index (Phi) is 4.83. The second-order valence-electron chi connectivity index (χ2n) is 8.82. The van der Waals surface area contributed by atoms with E-state index in [1.165, 1.54) is 36.4 Å². The van der Waals surface area contributed by atoms with Gasteiger partial charge in [-0.3, -0.25) is 29.3 Å². The lowest BCUT2D eigenvalue weighted by atomic mass is 9.77. The van der Waals surface area contributed by atoms with E-state index in [1.54, 1.807) is 36.4 Å². The summed E-state index contributed by atoms with van der Waals surface area (Å²) in [5.41, 5.74) is -1.45. The Hall–Kier alpha value is -4.02. The summed E-state index contributed by atoms with van der Waals surface area (Å²) in [4.78, 5) is 66.4. The Labute approximate surface area is 211 Å². The zero-order valence-electron chi connectivity index (χ0n) is 18.3. The molecular formula is C26H15BrN2O7. The highest BCUT2D eigenvalue weighted by molar-refractivity contribution is 9.10. The minimum absolute atomic E-state index is 0.114. The molecule has 36 heavy (non-hydrogen) atoms. The number of anilines is 1. The number of carbonyl (C=O) groups excluding carboxylic acids is 4. The third kappa shape index (κ3) is 2.85. The van der Waals surface area contributed by atoms with E-state index >= 15 is 0 Å². The van der Waals surface area contributed by atoms with Crippen LogP contribution in [-0.4, -0.2) is 33.9 Å². The van der Waals surface area contributed by atoms with Crippen molar-refractivity contribution in [3.05, 3.63) is 104 Å². The molecule has 0 radical (unpaired) electrons. The molecule has 0 bridgehead atoms. The zero-order chi connectivity index (χ0) is 25.4. The Balaban J connectivity index is 1.52. The number of fused-ring (bicyclic) bond motifs is 3. The molecule has 0 saturated carbocycles. The fourth-order valence-electron chi connectivity index (χ4n) is 5.48. The number of nitro benzene ring substituents is 1. The van der Waals surface area contributed by atoms with Gasteiger partial charge in [-0.2, -0.15) is 0 Å². The van der Waals surface area contributed by atoms with Crippen molar-refractivity contribution in [3.63, 3.8) is 0 Å². The average Bonchev–Trinajstić information content (AvgIpc) is 3.44.